The highest BCUT2D eigenvalue weighted by Crippen LogP contribution is 2.17. The zero-order valence-electron chi connectivity index (χ0n) is 12.1. The predicted molar refractivity (Wildman–Crippen MR) is 78.1 cm³/mol. The van der Waals surface area contributed by atoms with Gasteiger partial charge in [-0.1, -0.05) is 6.07 Å². The first-order valence-electron chi connectivity index (χ1n) is 6.92. The maximum Gasteiger partial charge on any atom is 0.488 e. The van der Waals surface area contributed by atoms with E-state index in [1.54, 1.807) is 26.4 Å². The van der Waals surface area contributed by atoms with Gasteiger partial charge >= 0.3 is 7.12 Å². The number of benzene rings is 1. The summed E-state index contributed by atoms with van der Waals surface area (Å²) in [6.07, 6.45) is 2.44. The molecule has 6 heteroatoms. The lowest BCUT2D eigenvalue weighted by Crippen LogP contribution is -2.41. The standard InChI is InChI=1S/C14H22BNO4/c1-19-12-5-6-14(15(17)18)11(8-12)9-16-7-3-4-13(10-16)20-2/h5-6,8,13,17-18H,3-4,7,9-10H2,1-2H3. The zero-order valence-corrected chi connectivity index (χ0v) is 12.1. The zero-order chi connectivity index (χ0) is 14.5. The van der Waals surface area contributed by atoms with Crippen LogP contribution in [0.25, 0.3) is 0 Å². The molecule has 1 saturated heterocycles. The highest BCUT2D eigenvalue weighted by atomic mass is 16.5. The van der Waals surface area contributed by atoms with Gasteiger partial charge < -0.3 is 19.5 Å². The molecular formula is C14H22BNO4. The van der Waals surface area contributed by atoms with Crippen LogP contribution in [0.1, 0.15) is 18.4 Å². The van der Waals surface area contributed by atoms with Crippen molar-refractivity contribution in [1.82, 2.24) is 4.90 Å². The average molecular weight is 279 g/mol. The molecule has 2 N–H and O–H groups in total. The van der Waals surface area contributed by atoms with Crippen LogP contribution in [0.4, 0.5) is 0 Å². The van der Waals surface area contributed by atoms with E-state index in [1.165, 1.54) is 0 Å². The molecule has 0 bridgehead atoms. The number of methoxy groups -OCH3 is 2. The summed E-state index contributed by atoms with van der Waals surface area (Å²) < 4.78 is 10.6. The van der Waals surface area contributed by atoms with Gasteiger partial charge in [-0.05, 0) is 42.5 Å². The van der Waals surface area contributed by atoms with E-state index in [1.807, 2.05) is 6.07 Å². The molecule has 1 atom stereocenters. The second kappa shape index (κ2) is 7.08. The minimum absolute atomic E-state index is 0.261. The van der Waals surface area contributed by atoms with Gasteiger partial charge in [0.25, 0.3) is 0 Å². The second-order valence-corrected chi connectivity index (χ2v) is 5.17. The lowest BCUT2D eigenvalue weighted by molar-refractivity contribution is 0.0286. The normalized spacial score (nSPS) is 19.9. The fourth-order valence-corrected chi connectivity index (χ4v) is 2.69. The van der Waals surface area contributed by atoms with Crippen molar-refractivity contribution >= 4 is 12.6 Å². The summed E-state index contributed by atoms with van der Waals surface area (Å²) in [5.74, 6) is 0.727. The third kappa shape index (κ3) is 3.73. The molecule has 1 aromatic rings. The van der Waals surface area contributed by atoms with E-state index in [-0.39, 0.29) is 6.10 Å². The van der Waals surface area contributed by atoms with Gasteiger partial charge in [-0.2, -0.15) is 0 Å². The average Bonchev–Trinajstić information content (AvgIpc) is 2.47. The summed E-state index contributed by atoms with van der Waals surface area (Å²) in [4.78, 5) is 2.28. The first-order chi connectivity index (χ1) is 9.63. The van der Waals surface area contributed by atoms with Gasteiger partial charge in [0.05, 0.1) is 13.2 Å². The molecule has 0 aromatic heterocycles. The van der Waals surface area contributed by atoms with E-state index >= 15 is 0 Å². The minimum Gasteiger partial charge on any atom is -0.497 e. The van der Waals surface area contributed by atoms with Crippen LogP contribution in [0.5, 0.6) is 5.75 Å². The number of likely N-dealkylation sites (tertiary alicyclic amines) is 1. The molecule has 1 aromatic carbocycles. The highest BCUT2D eigenvalue weighted by molar-refractivity contribution is 6.59. The van der Waals surface area contributed by atoms with Crippen molar-refractivity contribution in [3.05, 3.63) is 23.8 Å². The Bertz CT molecular complexity index is 441. The first kappa shape index (κ1) is 15.3. The van der Waals surface area contributed by atoms with Crippen molar-refractivity contribution in [2.75, 3.05) is 27.3 Å². The lowest BCUT2D eigenvalue weighted by atomic mass is 9.76. The number of ether oxygens (including phenoxy) is 2. The molecule has 1 heterocycles. The Balaban J connectivity index is 2.14. The summed E-state index contributed by atoms with van der Waals surface area (Å²) in [5, 5.41) is 18.9. The fourth-order valence-electron chi connectivity index (χ4n) is 2.69. The summed E-state index contributed by atoms with van der Waals surface area (Å²) in [6, 6.07) is 5.31. The molecule has 0 aliphatic carbocycles. The van der Waals surface area contributed by atoms with Gasteiger partial charge in [0, 0.05) is 20.2 Å². The molecule has 0 saturated carbocycles. The number of hydrogen-bond donors (Lipinski definition) is 2. The van der Waals surface area contributed by atoms with Crippen molar-refractivity contribution in [2.24, 2.45) is 0 Å². The minimum atomic E-state index is -1.46. The number of hydrogen-bond acceptors (Lipinski definition) is 5. The molecule has 1 aliphatic heterocycles. The molecule has 2 rings (SSSR count). The molecule has 110 valence electrons. The van der Waals surface area contributed by atoms with Gasteiger partial charge in [0.1, 0.15) is 5.75 Å². The lowest BCUT2D eigenvalue weighted by Gasteiger charge is -2.32. The third-order valence-corrected chi connectivity index (χ3v) is 3.82. The Morgan fingerprint density at radius 3 is 2.80 bits per heavy atom. The van der Waals surface area contributed by atoms with Crippen molar-refractivity contribution in [3.8, 4) is 5.75 Å². The molecule has 0 spiro atoms. The van der Waals surface area contributed by atoms with Gasteiger partial charge in [0.15, 0.2) is 0 Å². The molecular weight excluding hydrogens is 257 g/mol. The fraction of sp³-hybridized carbons (Fsp3) is 0.571. The number of piperidine rings is 1. The Hall–Kier alpha value is -1.08. The molecule has 1 unspecified atom stereocenters. The maximum absolute atomic E-state index is 9.47. The van der Waals surface area contributed by atoms with Crippen molar-refractivity contribution in [2.45, 2.75) is 25.5 Å². The molecule has 0 radical (unpaired) electrons. The Morgan fingerprint density at radius 2 is 2.15 bits per heavy atom. The molecule has 5 nitrogen and oxygen atoms in total. The van der Waals surface area contributed by atoms with Crippen LogP contribution in [0, 0.1) is 0 Å². The van der Waals surface area contributed by atoms with E-state index in [2.05, 4.69) is 4.90 Å². The van der Waals surface area contributed by atoms with E-state index in [0.717, 1.165) is 37.2 Å². The molecule has 1 fully saturated rings. The molecule has 20 heavy (non-hydrogen) atoms. The van der Waals surface area contributed by atoms with Crippen LogP contribution in [-0.4, -0.2) is 55.5 Å². The van der Waals surface area contributed by atoms with Gasteiger partial charge in [-0.25, -0.2) is 0 Å². The van der Waals surface area contributed by atoms with E-state index in [0.29, 0.717) is 12.0 Å². The second-order valence-electron chi connectivity index (χ2n) is 5.17. The van der Waals surface area contributed by atoms with Crippen LogP contribution in [0.2, 0.25) is 0 Å². The summed E-state index contributed by atoms with van der Waals surface area (Å²) >= 11 is 0. The summed E-state index contributed by atoms with van der Waals surface area (Å²) in [7, 11) is 1.89. The van der Waals surface area contributed by atoms with Crippen LogP contribution >= 0.6 is 0 Å². The number of nitrogens with zero attached hydrogens (tertiary/aromatic N) is 1. The van der Waals surface area contributed by atoms with Crippen LogP contribution < -0.4 is 10.2 Å². The molecule has 0 amide bonds. The van der Waals surface area contributed by atoms with E-state index in [4.69, 9.17) is 9.47 Å². The monoisotopic (exact) mass is 279 g/mol. The van der Waals surface area contributed by atoms with Crippen molar-refractivity contribution in [1.29, 1.82) is 0 Å². The Labute approximate surface area is 120 Å². The third-order valence-electron chi connectivity index (χ3n) is 3.82. The van der Waals surface area contributed by atoms with Gasteiger partial charge in [-0.3, -0.25) is 4.90 Å². The van der Waals surface area contributed by atoms with E-state index in [9.17, 15) is 10.0 Å². The van der Waals surface area contributed by atoms with E-state index < -0.39 is 7.12 Å². The Morgan fingerprint density at radius 1 is 1.35 bits per heavy atom. The SMILES string of the molecule is COc1ccc(B(O)O)c(CN2CCCC(OC)C2)c1. The highest BCUT2D eigenvalue weighted by Gasteiger charge is 2.22. The van der Waals surface area contributed by atoms with Crippen LogP contribution in [0.3, 0.4) is 0 Å². The van der Waals surface area contributed by atoms with Crippen molar-refractivity contribution in [3.63, 3.8) is 0 Å². The quantitative estimate of drug-likeness (QED) is 0.742. The largest absolute Gasteiger partial charge is 0.497 e. The smallest absolute Gasteiger partial charge is 0.488 e. The van der Waals surface area contributed by atoms with Crippen LogP contribution in [0.15, 0.2) is 18.2 Å². The van der Waals surface area contributed by atoms with Gasteiger partial charge in [-0.15, -0.1) is 0 Å². The van der Waals surface area contributed by atoms with Crippen molar-refractivity contribution < 1.29 is 19.5 Å². The van der Waals surface area contributed by atoms with Crippen LogP contribution in [-0.2, 0) is 11.3 Å². The topological polar surface area (TPSA) is 62.2 Å². The number of rotatable bonds is 5. The summed E-state index contributed by atoms with van der Waals surface area (Å²) in [5.41, 5.74) is 1.42. The summed E-state index contributed by atoms with van der Waals surface area (Å²) in [6.45, 7) is 2.54. The molecule has 1 aliphatic rings. The first-order valence-corrected chi connectivity index (χ1v) is 6.92. The Kier molecular flexibility index (Phi) is 5.42. The predicted octanol–water partition coefficient (Wildman–Crippen LogP) is -0.0142. The van der Waals surface area contributed by atoms with Gasteiger partial charge in [0.2, 0.25) is 0 Å². The maximum atomic E-state index is 9.47.